The summed E-state index contributed by atoms with van der Waals surface area (Å²) >= 11 is 0. The average Bonchev–Trinajstić information content (AvgIpc) is 2.83. The summed E-state index contributed by atoms with van der Waals surface area (Å²) in [7, 11) is 0. The number of carbonyl (C=O) groups is 1. The Morgan fingerprint density at radius 1 is 1.45 bits per heavy atom. The molecule has 1 aromatic carbocycles. The van der Waals surface area contributed by atoms with Gasteiger partial charge in [0, 0.05) is 38.5 Å². The second-order valence-electron chi connectivity index (χ2n) is 5.84. The van der Waals surface area contributed by atoms with Gasteiger partial charge in [0.15, 0.2) is 0 Å². The van der Waals surface area contributed by atoms with Crippen LogP contribution in [0.4, 0.5) is 4.39 Å². The van der Waals surface area contributed by atoms with E-state index in [-0.39, 0.29) is 23.7 Å². The molecule has 20 heavy (non-hydrogen) atoms. The molecule has 1 heterocycles. The molecule has 0 saturated carbocycles. The molecule has 0 aliphatic carbocycles. The SMILES string of the molecule is CC(=O)N(CC1CNCC1c1cccc(F)c1)C(C)C. The van der Waals surface area contributed by atoms with Crippen LogP contribution in [0.3, 0.4) is 0 Å². The molecule has 1 aliphatic rings. The van der Waals surface area contributed by atoms with Crippen molar-refractivity contribution >= 4 is 5.91 Å². The Kier molecular flexibility index (Phi) is 4.76. The van der Waals surface area contributed by atoms with Crippen LogP contribution >= 0.6 is 0 Å². The van der Waals surface area contributed by atoms with E-state index < -0.39 is 0 Å². The highest BCUT2D eigenvalue weighted by Crippen LogP contribution is 2.29. The van der Waals surface area contributed by atoms with Crippen molar-refractivity contribution in [3.05, 3.63) is 35.6 Å². The second kappa shape index (κ2) is 6.35. The molecule has 0 bridgehead atoms. The lowest BCUT2D eigenvalue weighted by Crippen LogP contribution is -2.40. The molecule has 0 radical (unpaired) electrons. The lowest BCUT2D eigenvalue weighted by Gasteiger charge is -2.30. The fourth-order valence-corrected chi connectivity index (χ4v) is 3.01. The number of amides is 1. The molecule has 1 N–H and O–H groups in total. The smallest absolute Gasteiger partial charge is 0.219 e. The fraction of sp³-hybridized carbons (Fsp3) is 0.562. The van der Waals surface area contributed by atoms with Crippen LogP contribution in [-0.2, 0) is 4.79 Å². The Hall–Kier alpha value is -1.42. The second-order valence-corrected chi connectivity index (χ2v) is 5.84. The fourth-order valence-electron chi connectivity index (χ4n) is 3.01. The van der Waals surface area contributed by atoms with E-state index in [0.717, 1.165) is 25.2 Å². The van der Waals surface area contributed by atoms with Crippen molar-refractivity contribution in [1.29, 1.82) is 0 Å². The lowest BCUT2D eigenvalue weighted by molar-refractivity contribution is -0.131. The van der Waals surface area contributed by atoms with E-state index in [1.807, 2.05) is 24.8 Å². The van der Waals surface area contributed by atoms with E-state index in [1.165, 1.54) is 6.07 Å². The van der Waals surface area contributed by atoms with Gasteiger partial charge in [0.05, 0.1) is 0 Å². The molecule has 1 aromatic rings. The number of nitrogens with one attached hydrogen (secondary N) is 1. The van der Waals surface area contributed by atoms with E-state index in [0.29, 0.717) is 5.92 Å². The van der Waals surface area contributed by atoms with E-state index in [1.54, 1.807) is 19.1 Å². The molecule has 2 atom stereocenters. The minimum Gasteiger partial charge on any atom is -0.340 e. The summed E-state index contributed by atoms with van der Waals surface area (Å²) in [6.45, 7) is 8.11. The van der Waals surface area contributed by atoms with Crippen molar-refractivity contribution in [1.82, 2.24) is 10.2 Å². The van der Waals surface area contributed by atoms with Gasteiger partial charge in [-0.2, -0.15) is 0 Å². The van der Waals surface area contributed by atoms with Crippen molar-refractivity contribution in [2.75, 3.05) is 19.6 Å². The van der Waals surface area contributed by atoms with E-state index in [9.17, 15) is 9.18 Å². The molecule has 2 rings (SSSR count). The van der Waals surface area contributed by atoms with E-state index in [2.05, 4.69) is 5.32 Å². The Balaban J connectivity index is 2.13. The van der Waals surface area contributed by atoms with Gasteiger partial charge >= 0.3 is 0 Å². The third-order valence-corrected chi connectivity index (χ3v) is 4.08. The largest absolute Gasteiger partial charge is 0.340 e. The Bertz CT molecular complexity index is 475. The average molecular weight is 278 g/mol. The molecule has 1 amide bonds. The van der Waals surface area contributed by atoms with Crippen molar-refractivity contribution in [3.8, 4) is 0 Å². The Morgan fingerprint density at radius 3 is 2.80 bits per heavy atom. The van der Waals surface area contributed by atoms with Crippen molar-refractivity contribution < 1.29 is 9.18 Å². The minimum absolute atomic E-state index is 0.102. The molecule has 110 valence electrons. The summed E-state index contributed by atoms with van der Waals surface area (Å²) in [5, 5.41) is 3.36. The molecule has 2 unspecified atom stereocenters. The number of rotatable bonds is 4. The standard InChI is InChI=1S/C16H23FN2O/c1-11(2)19(12(3)20)10-14-8-18-9-16(14)13-5-4-6-15(17)7-13/h4-7,11,14,16,18H,8-10H2,1-3H3. The number of nitrogens with zero attached hydrogens (tertiary/aromatic N) is 1. The molecule has 3 nitrogen and oxygen atoms in total. The molecule has 1 saturated heterocycles. The predicted molar refractivity (Wildman–Crippen MR) is 78.0 cm³/mol. The first-order valence-electron chi connectivity index (χ1n) is 7.22. The molecule has 1 aliphatic heterocycles. The topological polar surface area (TPSA) is 32.3 Å². The molecule has 0 spiro atoms. The highest BCUT2D eigenvalue weighted by Gasteiger charge is 2.31. The zero-order valence-electron chi connectivity index (χ0n) is 12.4. The van der Waals surface area contributed by atoms with Gasteiger partial charge in [-0.15, -0.1) is 0 Å². The van der Waals surface area contributed by atoms with Gasteiger partial charge in [0.1, 0.15) is 5.82 Å². The van der Waals surface area contributed by atoms with Crippen molar-refractivity contribution in [3.63, 3.8) is 0 Å². The monoisotopic (exact) mass is 278 g/mol. The van der Waals surface area contributed by atoms with Gasteiger partial charge in [-0.05, 0) is 37.5 Å². The van der Waals surface area contributed by atoms with Crippen LogP contribution in [0.25, 0.3) is 0 Å². The molecule has 0 aromatic heterocycles. The highest BCUT2D eigenvalue weighted by molar-refractivity contribution is 5.73. The number of carbonyl (C=O) groups excluding carboxylic acids is 1. The van der Waals surface area contributed by atoms with Crippen LogP contribution in [0.5, 0.6) is 0 Å². The van der Waals surface area contributed by atoms with Crippen molar-refractivity contribution in [2.24, 2.45) is 5.92 Å². The first-order valence-corrected chi connectivity index (χ1v) is 7.22. The van der Waals surface area contributed by atoms with Crippen LogP contribution in [0.15, 0.2) is 24.3 Å². The van der Waals surface area contributed by atoms with Gasteiger partial charge in [-0.3, -0.25) is 4.79 Å². The maximum atomic E-state index is 13.4. The van der Waals surface area contributed by atoms with Gasteiger partial charge in [0.25, 0.3) is 0 Å². The predicted octanol–water partition coefficient (Wildman–Crippen LogP) is 2.39. The Labute approximate surface area is 120 Å². The van der Waals surface area contributed by atoms with Gasteiger partial charge < -0.3 is 10.2 Å². The van der Waals surface area contributed by atoms with Gasteiger partial charge in [-0.1, -0.05) is 12.1 Å². The number of hydrogen-bond acceptors (Lipinski definition) is 2. The summed E-state index contributed by atoms with van der Waals surface area (Å²) < 4.78 is 13.4. The molecular formula is C16H23FN2O. The van der Waals surface area contributed by atoms with Crippen LogP contribution in [-0.4, -0.2) is 36.5 Å². The first kappa shape index (κ1) is 15.0. The number of halogens is 1. The highest BCUT2D eigenvalue weighted by atomic mass is 19.1. The Morgan fingerprint density at radius 2 is 2.20 bits per heavy atom. The van der Waals surface area contributed by atoms with Crippen LogP contribution in [0.2, 0.25) is 0 Å². The zero-order valence-corrected chi connectivity index (χ0v) is 12.4. The first-order chi connectivity index (χ1) is 9.49. The van der Waals surface area contributed by atoms with E-state index in [4.69, 9.17) is 0 Å². The lowest BCUT2D eigenvalue weighted by atomic mass is 9.88. The molecular weight excluding hydrogens is 255 g/mol. The maximum absolute atomic E-state index is 13.4. The minimum atomic E-state index is -0.194. The number of hydrogen-bond donors (Lipinski definition) is 1. The quantitative estimate of drug-likeness (QED) is 0.917. The summed E-state index contributed by atoms with van der Waals surface area (Å²) in [4.78, 5) is 13.6. The van der Waals surface area contributed by atoms with Crippen molar-refractivity contribution in [2.45, 2.75) is 32.7 Å². The zero-order chi connectivity index (χ0) is 14.7. The third-order valence-electron chi connectivity index (χ3n) is 4.08. The van der Waals surface area contributed by atoms with Crippen LogP contribution < -0.4 is 5.32 Å². The molecule has 1 fully saturated rings. The normalized spacial score (nSPS) is 22.2. The summed E-state index contributed by atoms with van der Waals surface area (Å²) in [5.74, 6) is 0.514. The summed E-state index contributed by atoms with van der Waals surface area (Å²) in [6, 6.07) is 7.00. The van der Waals surface area contributed by atoms with Crippen LogP contribution in [0, 0.1) is 11.7 Å². The van der Waals surface area contributed by atoms with E-state index >= 15 is 0 Å². The maximum Gasteiger partial charge on any atom is 0.219 e. The molecule has 4 heteroatoms. The summed E-state index contributed by atoms with van der Waals surface area (Å²) in [6.07, 6.45) is 0. The summed E-state index contributed by atoms with van der Waals surface area (Å²) in [5.41, 5.74) is 1.02. The van der Waals surface area contributed by atoms with Crippen LogP contribution in [0.1, 0.15) is 32.3 Å². The third kappa shape index (κ3) is 3.37. The van der Waals surface area contributed by atoms with Gasteiger partial charge in [-0.25, -0.2) is 4.39 Å². The van der Waals surface area contributed by atoms with Gasteiger partial charge in [0.2, 0.25) is 5.91 Å². The number of benzene rings is 1.